The number of halogens is 6. The van der Waals surface area contributed by atoms with Crippen LogP contribution in [0.1, 0.15) is 27.7 Å². The summed E-state index contributed by atoms with van der Waals surface area (Å²) < 4.78 is 78.5. The maximum absolute atomic E-state index is 14.2. The number of pyridine rings is 4. The van der Waals surface area contributed by atoms with Gasteiger partial charge in [-0.15, -0.1) is 83.9 Å². The third-order valence-electron chi connectivity index (χ3n) is 10.8. The molecule has 0 amide bonds. The number of allylic oxidation sites excluding steroid dienone is 4. The Bertz CT molecular complexity index is 3660. The van der Waals surface area contributed by atoms with E-state index in [0.717, 1.165) is 69.5 Å². The number of rotatable bonds is 10. The Hall–Kier alpha value is -7.88. The fourth-order valence-corrected chi connectivity index (χ4v) is 7.18. The zero-order valence-electron chi connectivity index (χ0n) is 47.8. The van der Waals surface area contributed by atoms with Crippen LogP contribution in [-0.4, -0.2) is 55.8 Å². The fraction of sp³-hybridized carbons (Fsp3) is 0.0882. The van der Waals surface area contributed by atoms with Crippen molar-refractivity contribution in [2.24, 2.45) is 0 Å². The molecule has 0 aliphatic rings. The summed E-state index contributed by atoms with van der Waals surface area (Å²) in [5, 5.41) is 16.7. The summed E-state index contributed by atoms with van der Waals surface area (Å²) in [5.41, 5.74) is 8.17. The molecular weight excluding hydrogens is 1850 g/mol. The van der Waals surface area contributed by atoms with E-state index in [1.807, 2.05) is 121 Å². The molecule has 2 N–H and O–H groups in total. The minimum absolute atomic E-state index is 0. The average Bonchev–Trinajstić information content (AvgIpc) is 3.58. The molecule has 10 nitrogen and oxygen atoms in total. The number of carbonyl (C=O) groups excluding carboxylic acids is 2. The van der Waals surface area contributed by atoms with Gasteiger partial charge in [-0.05, 0) is 99.0 Å². The van der Waals surface area contributed by atoms with Crippen molar-refractivity contribution in [2.75, 3.05) is 23.9 Å². The zero-order chi connectivity index (χ0) is 61.0. The van der Waals surface area contributed by atoms with Crippen LogP contribution < -0.4 is 9.80 Å². The van der Waals surface area contributed by atoms with Crippen LogP contribution in [0.25, 0.3) is 45.0 Å². The second-order valence-corrected chi connectivity index (χ2v) is 17.8. The monoisotopic (exact) mass is 1910 g/mol. The summed E-state index contributed by atoms with van der Waals surface area (Å²) in [5.74, 6) is -3.33. The number of anilines is 4. The largest absolute Gasteiger partial charge is 0.512 e. The molecule has 0 atom stereocenters. The minimum atomic E-state index is -0.689. The second-order valence-electron chi connectivity index (χ2n) is 17.8. The van der Waals surface area contributed by atoms with Gasteiger partial charge < -0.3 is 39.9 Å². The van der Waals surface area contributed by atoms with Crippen molar-refractivity contribution in [3.05, 3.63) is 290 Å². The molecule has 4 heterocycles. The van der Waals surface area contributed by atoms with Crippen molar-refractivity contribution in [1.29, 1.82) is 0 Å². The number of aliphatic hydroxyl groups excluding tert-OH is 2. The van der Waals surface area contributed by atoms with E-state index >= 15 is 0 Å². The molecule has 4 radical (unpaired) electrons. The molecule has 0 bridgehead atoms. The third-order valence-corrected chi connectivity index (χ3v) is 10.8. The molecule has 0 unspecified atom stereocenters. The summed E-state index contributed by atoms with van der Waals surface area (Å²) in [6.45, 7) is 5.70. The first-order chi connectivity index (χ1) is 40.3. The van der Waals surface area contributed by atoms with Crippen molar-refractivity contribution in [1.82, 2.24) is 19.9 Å². The second kappa shape index (κ2) is 41.3. The summed E-state index contributed by atoms with van der Waals surface area (Å²) >= 11 is 0. The molecule has 4 aromatic heterocycles. The van der Waals surface area contributed by atoms with E-state index in [2.05, 4.69) is 44.2 Å². The van der Waals surface area contributed by atoms with Crippen molar-refractivity contribution < 1.29 is 127 Å². The maximum Gasteiger partial charge on any atom is 0.155 e. The Morgan fingerprint density at radius 1 is 0.398 bits per heavy atom. The van der Waals surface area contributed by atoms with Crippen LogP contribution in [0, 0.1) is 59.2 Å². The van der Waals surface area contributed by atoms with E-state index in [1.165, 1.54) is 64.1 Å². The molecule has 10 rings (SSSR count). The van der Waals surface area contributed by atoms with E-state index in [4.69, 9.17) is 10.2 Å². The zero-order valence-corrected chi connectivity index (χ0v) is 57.4. The van der Waals surface area contributed by atoms with Gasteiger partial charge in [-0.3, -0.25) is 35.9 Å². The molecule has 0 spiro atoms. The normalized spacial score (nSPS) is 10.0. The van der Waals surface area contributed by atoms with Crippen LogP contribution in [0.2, 0.25) is 0 Å². The van der Waals surface area contributed by atoms with Crippen LogP contribution in [0.3, 0.4) is 0 Å². The van der Waals surface area contributed by atoms with E-state index < -0.39 is 23.3 Å². The molecule has 0 fully saturated rings. The molecule has 464 valence electrons. The number of carbonyl (C=O) groups is 2. The van der Waals surface area contributed by atoms with Gasteiger partial charge >= 0.3 is 0 Å². The first-order valence-corrected chi connectivity index (χ1v) is 25.4. The number of para-hydroxylation sites is 2. The van der Waals surface area contributed by atoms with E-state index in [0.29, 0.717) is 11.4 Å². The topological polar surface area (TPSA) is 133 Å². The van der Waals surface area contributed by atoms with Crippen LogP contribution in [0.15, 0.2) is 230 Å². The van der Waals surface area contributed by atoms with Gasteiger partial charge in [-0.1, -0.05) is 96.1 Å². The number of nitrogens with zero attached hydrogens (tertiary/aromatic N) is 6. The quantitative estimate of drug-likeness (QED) is 0.0590. The summed E-state index contributed by atoms with van der Waals surface area (Å²) in [4.78, 5) is 40.6. The predicted octanol–water partition coefficient (Wildman–Crippen LogP) is 16.6. The molecule has 88 heavy (non-hydrogen) atoms. The smallest absolute Gasteiger partial charge is 0.155 e. The Labute approximate surface area is 562 Å². The SMILES string of the molecule is CC(=O)C=C(C)O.CC(=O)C=C(C)O.CN(C)c1ccnc(-c2[c-]cc(F)cc2)c1.Fc1c[c-]c(-c2cc(N(c3ccccc3)c3ccccc3)ccn2)c(F)c1.Fc1c[c-]c(-c2ccccn2)c(F)c1.Fc1c[c-]c(-c2ccccn2)cc1.[Ir].[Ir].[Ir].[Ir]. The number of aromatic nitrogens is 4. The van der Waals surface area contributed by atoms with Gasteiger partial charge in [0, 0.05) is 189 Å². The van der Waals surface area contributed by atoms with Crippen LogP contribution >= 0.6 is 0 Å². The standard InChI is InChI=1S/C23H15F2N2.C13H12FN2.C11H6F2N.C11H7FN.2C5H8O2.4Ir/c24-17-11-12-21(22(25)15-17)23-16-20(13-14-26-23)27(18-7-3-1-4-8-18)19-9-5-2-6-10-19;1-16(2)12-7-8-15-13(9-12)10-3-5-11(14)6-4-10;12-8-4-5-9(10(13)7-8)11-3-1-2-6-14-11;12-10-6-4-9(5-7-10)11-3-1-2-8-13-11;2*1-4(6)3-5(2)7;;;;/h1-11,13-16H;3,5-9H,1-2H3;1-4,6-7H;1-4,6-8H;2*3,6H,1-2H3;;;;/q4*-1;;;;;;. The van der Waals surface area contributed by atoms with Gasteiger partial charge in [0.05, 0.1) is 11.5 Å². The van der Waals surface area contributed by atoms with Crippen LogP contribution in [0.5, 0.6) is 0 Å². The van der Waals surface area contributed by atoms with Crippen molar-refractivity contribution >= 4 is 34.3 Å². The van der Waals surface area contributed by atoms with Gasteiger partial charge in [0.2, 0.25) is 0 Å². The molecule has 0 aliphatic heterocycles. The van der Waals surface area contributed by atoms with Gasteiger partial charge in [0.25, 0.3) is 0 Å². The van der Waals surface area contributed by atoms with Crippen LogP contribution in [0.4, 0.5) is 49.1 Å². The average molecular weight is 1900 g/mol. The first-order valence-electron chi connectivity index (χ1n) is 25.4. The van der Waals surface area contributed by atoms with Crippen molar-refractivity contribution in [2.45, 2.75) is 27.7 Å². The van der Waals surface area contributed by atoms with Gasteiger partial charge in [0.15, 0.2) is 11.6 Å². The van der Waals surface area contributed by atoms with Crippen molar-refractivity contribution in [3.8, 4) is 45.0 Å². The van der Waals surface area contributed by atoms with Crippen molar-refractivity contribution in [3.63, 3.8) is 0 Å². The van der Waals surface area contributed by atoms with Gasteiger partial charge in [0.1, 0.15) is 0 Å². The Morgan fingerprint density at radius 3 is 1.15 bits per heavy atom. The van der Waals surface area contributed by atoms with E-state index in [9.17, 15) is 35.9 Å². The van der Waals surface area contributed by atoms with Crippen LogP contribution in [-0.2, 0) is 90.0 Å². The molecule has 0 saturated carbocycles. The van der Waals surface area contributed by atoms with Gasteiger partial charge in [-0.25, -0.2) is 0 Å². The van der Waals surface area contributed by atoms with Gasteiger partial charge in [-0.2, -0.15) is 0 Å². The van der Waals surface area contributed by atoms with E-state index in [1.54, 1.807) is 61.2 Å². The summed E-state index contributed by atoms with van der Waals surface area (Å²) in [7, 11) is 3.93. The number of ketones is 2. The molecule has 0 aliphatic carbocycles. The number of hydrogen-bond donors (Lipinski definition) is 2. The number of hydrogen-bond acceptors (Lipinski definition) is 10. The minimum Gasteiger partial charge on any atom is -0.512 e. The molecule has 10 aromatic rings. The summed E-state index contributed by atoms with van der Waals surface area (Å²) in [6, 6.07) is 61.4. The molecule has 20 heteroatoms. The number of benzene rings is 6. The number of aliphatic hydroxyl groups is 2. The molecule has 6 aromatic carbocycles. The fourth-order valence-electron chi connectivity index (χ4n) is 7.18. The third kappa shape index (κ3) is 27.4. The predicted molar refractivity (Wildman–Crippen MR) is 317 cm³/mol. The summed E-state index contributed by atoms with van der Waals surface area (Å²) in [6.07, 6.45) is 8.93. The molecular formula is C68H56F6Ir4N6O4-4. The Kier molecular flexibility index (Phi) is 36.7. The van der Waals surface area contributed by atoms with E-state index in [-0.39, 0.29) is 126 Å². The maximum atomic E-state index is 14.2. The molecule has 0 saturated heterocycles. The Morgan fingerprint density at radius 2 is 0.773 bits per heavy atom. The Balaban J connectivity index is 0.000000557. The first kappa shape index (κ1) is 78.1.